The average Bonchev–Trinajstić information content (AvgIpc) is 3.31. The summed E-state index contributed by atoms with van der Waals surface area (Å²) in [5.74, 6) is -0.580. The van der Waals surface area contributed by atoms with Crippen LogP contribution in [-0.2, 0) is 4.79 Å². The van der Waals surface area contributed by atoms with Crippen molar-refractivity contribution in [1.82, 2.24) is 25.4 Å². The molecule has 40 heavy (non-hydrogen) atoms. The van der Waals surface area contributed by atoms with Gasteiger partial charge in [-0.15, -0.1) is 0 Å². The molecular formula is C30H30ClF2N5O2. The Labute approximate surface area is 236 Å². The van der Waals surface area contributed by atoms with Gasteiger partial charge < -0.3 is 15.0 Å². The Hall–Kier alpha value is -4.08. The Kier molecular flexibility index (Phi) is 9.63. The number of carbonyl (C=O) groups is 1. The molecule has 2 heterocycles. The second-order valence-electron chi connectivity index (χ2n) is 9.17. The summed E-state index contributed by atoms with van der Waals surface area (Å²) in [5.41, 5.74) is 4.34. The van der Waals surface area contributed by atoms with Crippen molar-refractivity contribution in [3.63, 3.8) is 0 Å². The fourth-order valence-electron chi connectivity index (χ4n) is 4.22. The molecule has 2 aromatic heterocycles. The maximum atomic E-state index is 14.4. The zero-order valence-corrected chi connectivity index (χ0v) is 23.2. The van der Waals surface area contributed by atoms with Crippen LogP contribution in [0.1, 0.15) is 30.0 Å². The van der Waals surface area contributed by atoms with E-state index in [9.17, 15) is 13.6 Å². The largest absolute Gasteiger partial charge is 0.476 e. The van der Waals surface area contributed by atoms with E-state index in [0.717, 1.165) is 22.3 Å². The van der Waals surface area contributed by atoms with E-state index in [1.165, 1.54) is 23.1 Å². The van der Waals surface area contributed by atoms with Crippen LogP contribution in [0.3, 0.4) is 0 Å². The van der Waals surface area contributed by atoms with Crippen LogP contribution >= 0.6 is 11.6 Å². The second-order valence-corrected chi connectivity index (χ2v) is 9.58. The number of hydrogen-bond donors (Lipinski definition) is 2. The first-order chi connectivity index (χ1) is 19.3. The third kappa shape index (κ3) is 6.91. The third-order valence-corrected chi connectivity index (χ3v) is 6.54. The number of allylic oxidation sites excluding steroid dienone is 1. The highest BCUT2D eigenvalue weighted by atomic mass is 35.5. The number of carbonyl (C=O) groups excluding carboxylic acids is 1. The molecule has 1 amide bonds. The Bertz CT molecular complexity index is 1550. The molecule has 0 fully saturated rings. The first kappa shape index (κ1) is 28.9. The minimum atomic E-state index is -0.524. The van der Waals surface area contributed by atoms with Crippen LogP contribution in [-0.4, -0.2) is 59.8 Å². The van der Waals surface area contributed by atoms with E-state index in [0.29, 0.717) is 48.5 Å². The van der Waals surface area contributed by atoms with Gasteiger partial charge in [0.05, 0.1) is 15.9 Å². The van der Waals surface area contributed by atoms with E-state index < -0.39 is 11.8 Å². The van der Waals surface area contributed by atoms with Gasteiger partial charge in [0, 0.05) is 51.1 Å². The molecule has 0 spiro atoms. The topological polar surface area (TPSA) is 83.1 Å². The zero-order chi connectivity index (χ0) is 28.6. The lowest BCUT2D eigenvalue weighted by Crippen LogP contribution is -2.22. The summed E-state index contributed by atoms with van der Waals surface area (Å²) >= 11 is 6.47. The van der Waals surface area contributed by atoms with E-state index >= 15 is 0 Å². The molecular weight excluding hydrogens is 536 g/mol. The number of ether oxygens (including phenoxy) is 1. The number of aromatic amines is 1. The Morgan fingerprint density at radius 3 is 2.62 bits per heavy atom. The highest BCUT2D eigenvalue weighted by Crippen LogP contribution is 2.38. The lowest BCUT2D eigenvalue weighted by atomic mass is 9.88. The van der Waals surface area contributed by atoms with Crippen LogP contribution in [0.15, 0.2) is 66.9 Å². The Morgan fingerprint density at radius 1 is 1.12 bits per heavy atom. The maximum Gasteiger partial charge on any atom is 0.245 e. The summed E-state index contributed by atoms with van der Waals surface area (Å²) in [6.07, 6.45) is 5.54. The molecule has 0 radical (unpaired) electrons. The van der Waals surface area contributed by atoms with Crippen LogP contribution in [0.2, 0.25) is 5.02 Å². The average molecular weight is 566 g/mol. The molecule has 4 aromatic rings. The molecule has 2 N–H and O–H groups in total. The molecule has 0 saturated carbocycles. The van der Waals surface area contributed by atoms with Crippen molar-refractivity contribution in [2.75, 3.05) is 33.8 Å². The number of halogens is 3. The number of nitrogens with zero attached hydrogens (tertiary/aromatic N) is 3. The molecule has 7 nitrogen and oxygen atoms in total. The number of nitrogens with one attached hydrogen (secondary N) is 2. The SMILES string of the molecule is CC/C(=C(/c1ccc(OCCNC/C=C/C(=O)N(C)C)nc1)c1ccc2n[nH]c(F)c2c1)c1ccc(F)cc1Cl. The van der Waals surface area contributed by atoms with Crippen molar-refractivity contribution in [2.45, 2.75) is 13.3 Å². The van der Waals surface area contributed by atoms with Gasteiger partial charge in [0.15, 0.2) is 0 Å². The van der Waals surface area contributed by atoms with Crippen LogP contribution in [0, 0.1) is 11.8 Å². The van der Waals surface area contributed by atoms with E-state index in [2.05, 4.69) is 20.5 Å². The number of pyridine rings is 1. The lowest BCUT2D eigenvalue weighted by molar-refractivity contribution is -0.123. The number of amides is 1. The zero-order valence-electron chi connectivity index (χ0n) is 22.5. The molecule has 10 heteroatoms. The summed E-state index contributed by atoms with van der Waals surface area (Å²) in [4.78, 5) is 17.5. The van der Waals surface area contributed by atoms with Crippen molar-refractivity contribution >= 4 is 39.6 Å². The molecule has 0 saturated heterocycles. The Morgan fingerprint density at radius 2 is 1.93 bits per heavy atom. The molecule has 0 aliphatic carbocycles. The standard InChI is InChI=1S/C30H30ClF2N5O2/c1-4-22(23-10-9-21(32)17-25(23)31)29(19-7-11-26-24(16-19)30(33)37-36-26)20-8-12-27(35-18-20)40-15-14-34-13-5-6-28(39)38(2)3/h5-12,16-18,34H,4,13-15H2,1-3H3,(H,36,37)/b6-5+,29-22-. The lowest BCUT2D eigenvalue weighted by Gasteiger charge is -2.17. The van der Waals surface area contributed by atoms with Gasteiger partial charge in [0.1, 0.15) is 12.4 Å². The maximum absolute atomic E-state index is 14.4. The van der Waals surface area contributed by atoms with Crippen molar-refractivity contribution in [2.24, 2.45) is 0 Å². The molecule has 0 bridgehead atoms. The fraction of sp³-hybridized carbons (Fsp3) is 0.233. The summed E-state index contributed by atoms with van der Waals surface area (Å²) in [6, 6.07) is 13.3. The molecule has 4 rings (SSSR count). The van der Waals surface area contributed by atoms with Crippen LogP contribution in [0.5, 0.6) is 5.88 Å². The number of benzene rings is 2. The summed E-state index contributed by atoms with van der Waals surface area (Å²) < 4.78 is 34.0. The number of fused-ring (bicyclic) bond motifs is 1. The van der Waals surface area contributed by atoms with Gasteiger partial charge in [-0.1, -0.05) is 36.7 Å². The van der Waals surface area contributed by atoms with Gasteiger partial charge >= 0.3 is 0 Å². The molecule has 208 valence electrons. The molecule has 0 aliphatic rings. The normalized spacial score (nSPS) is 12.2. The number of H-pyrrole nitrogens is 1. The van der Waals surface area contributed by atoms with Gasteiger partial charge in [-0.25, -0.2) is 9.37 Å². The fourth-order valence-corrected chi connectivity index (χ4v) is 4.50. The summed E-state index contributed by atoms with van der Waals surface area (Å²) in [7, 11) is 3.40. The van der Waals surface area contributed by atoms with Crippen LogP contribution in [0.4, 0.5) is 8.78 Å². The molecule has 0 atom stereocenters. The van der Waals surface area contributed by atoms with Crippen molar-refractivity contribution in [3.05, 3.63) is 100 Å². The van der Waals surface area contributed by atoms with Crippen molar-refractivity contribution in [1.29, 1.82) is 0 Å². The molecule has 0 aliphatic heterocycles. The highest BCUT2D eigenvalue weighted by Gasteiger charge is 2.18. The minimum absolute atomic E-state index is 0.0708. The summed E-state index contributed by atoms with van der Waals surface area (Å²) in [6.45, 7) is 3.47. The van der Waals surface area contributed by atoms with Gasteiger partial charge in [0.2, 0.25) is 17.7 Å². The second kappa shape index (κ2) is 13.3. The predicted octanol–water partition coefficient (Wildman–Crippen LogP) is 5.87. The quantitative estimate of drug-likeness (QED) is 0.135. The molecule has 0 unspecified atom stereocenters. The number of likely N-dealkylation sites (N-methyl/N-ethyl adjacent to an activating group) is 1. The highest BCUT2D eigenvalue weighted by molar-refractivity contribution is 6.32. The number of aromatic nitrogens is 3. The van der Waals surface area contributed by atoms with Gasteiger partial charge in [-0.3, -0.25) is 9.89 Å². The van der Waals surface area contributed by atoms with Crippen LogP contribution in [0.25, 0.3) is 22.0 Å². The van der Waals surface area contributed by atoms with Crippen molar-refractivity contribution in [3.8, 4) is 5.88 Å². The van der Waals surface area contributed by atoms with E-state index in [1.807, 2.05) is 19.1 Å². The summed E-state index contributed by atoms with van der Waals surface area (Å²) in [5, 5.41) is 10.2. The van der Waals surface area contributed by atoms with Crippen LogP contribution < -0.4 is 10.1 Å². The van der Waals surface area contributed by atoms with E-state index in [1.54, 1.807) is 50.6 Å². The first-order valence-electron chi connectivity index (χ1n) is 12.8. The predicted molar refractivity (Wildman–Crippen MR) is 154 cm³/mol. The van der Waals surface area contributed by atoms with Gasteiger partial charge in [-0.2, -0.15) is 9.49 Å². The van der Waals surface area contributed by atoms with Gasteiger partial charge in [0.25, 0.3) is 0 Å². The van der Waals surface area contributed by atoms with E-state index in [4.69, 9.17) is 16.3 Å². The van der Waals surface area contributed by atoms with Gasteiger partial charge in [-0.05, 0) is 59.0 Å². The third-order valence-electron chi connectivity index (χ3n) is 6.22. The van der Waals surface area contributed by atoms with Crippen molar-refractivity contribution < 1.29 is 18.3 Å². The number of rotatable bonds is 11. The minimum Gasteiger partial charge on any atom is -0.476 e. The van der Waals surface area contributed by atoms with E-state index in [-0.39, 0.29) is 10.9 Å². The first-order valence-corrected chi connectivity index (χ1v) is 13.2. The smallest absolute Gasteiger partial charge is 0.245 e. The monoisotopic (exact) mass is 565 g/mol. The molecule has 2 aromatic carbocycles. The number of hydrogen-bond acceptors (Lipinski definition) is 5. The Balaban J connectivity index is 1.58.